The second-order valence-corrected chi connectivity index (χ2v) is 22.6. The first kappa shape index (κ1) is 26.9. The molecule has 16 aromatic rings. The predicted molar refractivity (Wildman–Crippen MR) is 343 cm³/mol. The van der Waals surface area contributed by atoms with Crippen molar-refractivity contribution >= 4 is 94.2 Å². The molecule has 0 atom stereocenters. The van der Waals surface area contributed by atoms with Gasteiger partial charge in [0.05, 0.1) is 77.2 Å². The third-order valence-corrected chi connectivity index (χ3v) is 19.0. The Bertz CT molecular complexity index is 6640. The van der Waals surface area contributed by atoms with E-state index >= 15 is 0 Å². The van der Waals surface area contributed by atoms with Gasteiger partial charge in [0, 0.05) is 49.1 Å². The molecule has 4 aromatic heterocycles. The van der Waals surface area contributed by atoms with Crippen LogP contribution < -0.4 is 20.7 Å². The summed E-state index contributed by atoms with van der Waals surface area (Å²) in [6.07, 6.45) is 0. The van der Waals surface area contributed by atoms with Crippen molar-refractivity contribution in [3.05, 3.63) is 303 Å². The standard InChI is InChI=1S/C75H50N6Si/c1-4-26-54(27-5-1)79-66-40-16-14-38-63(66)65-50-52(46-47-72(65)79)51-24-22-32-57(48-51)82(55-28-6-2-7-29-55,56-30-8-3-9-31-56)58-33-23-25-53(49-58)73-76-74(78-75(77-73)81-69-43-19-12-36-61(69)62-37-13-20-44-70(62)81)64-39-15-21-45-71(64)80-67-41-17-10-34-59(67)60-35-11-18-42-68(60)80/h1-50H/i10D,11D,12D,13D,15D,17D,18D,19D,20D,21D,22D,23D,24D,25D,32D,33D,34D,35D,36D,37D,39D,41D,42D,43D,44D,45D,48D,49D. The molecule has 0 aliphatic rings. The highest BCUT2D eigenvalue weighted by atomic mass is 28.3. The second-order valence-electron chi connectivity index (χ2n) is 19.0. The number of nitrogens with zero attached hydrogens (tertiary/aromatic N) is 6. The molecule has 0 saturated carbocycles. The Labute approximate surface area is 514 Å². The highest BCUT2D eigenvalue weighted by Crippen LogP contribution is 2.39. The molecule has 0 fully saturated rings. The number of aromatic nitrogens is 6. The number of hydrogen-bond acceptors (Lipinski definition) is 3. The smallest absolute Gasteiger partial charge is 0.238 e. The third kappa shape index (κ3) is 7.44. The van der Waals surface area contributed by atoms with E-state index in [9.17, 15) is 27.4 Å². The maximum absolute atomic E-state index is 11.0. The van der Waals surface area contributed by atoms with Gasteiger partial charge in [-0.05, 0) is 98.5 Å². The van der Waals surface area contributed by atoms with Crippen LogP contribution in [-0.4, -0.2) is 36.7 Å². The van der Waals surface area contributed by atoms with Crippen LogP contribution in [0.25, 0.3) is 117 Å². The Morgan fingerprint density at radius 2 is 0.793 bits per heavy atom. The quantitative estimate of drug-likeness (QED) is 0.101. The zero-order chi connectivity index (χ0) is 78.5. The lowest BCUT2D eigenvalue weighted by Crippen LogP contribution is -2.74. The summed E-state index contributed by atoms with van der Waals surface area (Å²) in [6.45, 7) is 0. The van der Waals surface area contributed by atoms with E-state index in [0.717, 1.165) is 31.2 Å². The first-order chi connectivity index (χ1) is 52.3. The van der Waals surface area contributed by atoms with Gasteiger partial charge < -0.3 is 9.13 Å². The van der Waals surface area contributed by atoms with Gasteiger partial charge >= 0.3 is 0 Å². The fourth-order valence-electron chi connectivity index (χ4n) is 11.1. The summed E-state index contributed by atoms with van der Waals surface area (Å²) < 4.78 is 271. The molecule has 4 heterocycles. The van der Waals surface area contributed by atoms with E-state index in [0.29, 0.717) is 5.39 Å². The lowest BCUT2D eigenvalue weighted by atomic mass is 10.0. The Kier molecular flexibility index (Phi) is 6.33. The minimum Gasteiger partial charge on any atom is -0.309 e. The van der Waals surface area contributed by atoms with E-state index in [-0.39, 0.29) is 26.7 Å². The van der Waals surface area contributed by atoms with Gasteiger partial charge in [0.25, 0.3) is 0 Å². The van der Waals surface area contributed by atoms with Crippen LogP contribution in [0.1, 0.15) is 38.4 Å². The molecule has 82 heavy (non-hydrogen) atoms. The minimum absolute atomic E-state index is 0.142. The van der Waals surface area contributed by atoms with Gasteiger partial charge in [-0.1, -0.05) is 236 Å². The summed E-state index contributed by atoms with van der Waals surface area (Å²) in [5.74, 6) is -2.92. The summed E-state index contributed by atoms with van der Waals surface area (Å²) in [5, 5.41) is -0.972. The summed E-state index contributed by atoms with van der Waals surface area (Å²) in [6, 6.07) is 14.1. The van der Waals surface area contributed by atoms with Crippen LogP contribution in [-0.2, 0) is 0 Å². The van der Waals surface area contributed by atoms with Crippen molar-refractivity contribution in [1.82, 2.24) is 28.7 Å². The van der Waals surface area contributed by atoms with E-state index in [1.807, 2.05) is 60.7 Å². The van der Waals surface area contributed by atoms with Crippen molar-refractivity contribution in [2.24, 2.45) is 0 Å². The number of para-hydroxylation sites is 7. The molecular formula is C75H50N6Si. The summed E-state index contributed by atoms with van der Waals surface area (Å²) in [7, 11) is -5.12. The fourth-order valence-corrected chi connectivity index (χ4v) is 15.4. The molecular weight excluding hydrogens is 1010 g/mol. The molecule has 0 N–H and O–H groups in total. The van der Waals surface area contributed by atoms with Crippen molar-refractivity contribution in [2.75, 3.05) is 0 Å². The van der Waals surface area contributed by atoms with E-state index in [1.165, 1.54) is 0 Å². The molecule has 0 radical (unpaired) electrons. The van der Waals surface area contributed by atoms with Crippen molar-refractivity contribution in [2.45, 2.75) is 0 Å². The molecule has 16 rings (SSSR count). The maximum atomic E-state index is 11.0. The Morgan fingerprint density at radius 3 is 1.41 bits per heavy atom. The van der Waals surface area contributed by atoms with Crippen molar-refractivity contribution in [3.63, 3.8) is 0 Å². The SMILES string of the molecule is [2H]c1c([2H])c([2H])c(-n2c3c([2H])c([2H])c([2H])c([2H])c3c3c([2H])c([2H])c([2H])c([2H])c32)c(-c2nc(-c3c([2H])c([2H])c([2H])c([Si](c4ccccc4)(c4ccccc4)c4c([2H])c([2H])c([2H])c(-c5ccc6c(c5)c5ccccc5n6-c5ccccc5)c4[2H])c3[2H])nc(-n3c4c([2H])c([2H])c([2H])c([2H])c4c4c([2H])c([2H])c([2H])c([2H])c43)n2)c1[2H]. The Hall–Kier alpha value is -10.7. The van der Waals surface area contributed by atoms with Crippen molar-refractivity contribution in [1.29, 1.82) is 0 Å². The zero-order valence-electron chi connectivity index (χ0n) is 70.4. The zero-order valence-corrected chi connectivity index (χ0v) is 43.4. The van der Waals surface area contributed by atoms with E-state index in [2.05, 4.69) is 4.57 Å². The van der Waals surface area contributed by atoms with Crippen LogP contribution >= 0.6 is 0 Å². The topological polar surface area (TPSA) is 53.5 Å². The summed E-state index contributed by atoms with van der Waals surface area (Å²) in [4.78, 5) is 14.5. The van der Waals surface area contributed by atoms with Crippen LogP contribution in [0.15, 0.2) is 303 Å². The predicted octanol–water partition coefficient (Wildman–Crippen LogP) is 15.5. The van der Waals surface area contributed by atoms with Crippen LogP contribution in [0.3, 0.4) is 0 Å². The molecule has 7 heteroatoms. The average molecular weight is 1090 g/mol. The Morgan fingerprint density at radius 1 is 0.305 bits per heavy atom. The van der Waals surface area contributed by atoms with E-state index < -0.39 is 260 Å². The average Bonchev–Trinajstić information content (AvgIpc) is 1.16. The monoisotopic (exact) mass is 1090 g/mol. The lowest BCUT2D eigenvalue weighted by molar-refractivity contribution is 0.952. The first-order valence-corrected chi connectivity index (χ1v) is 27.7. The van der Waals surface area contributed by atoms with Crippen LogP contribution in [0, 0.1) is 0 Å². The summed E-state index contributed by atoms with van der Waals surface area (Å²) in [5.41, 5.74) is -2.73. The normalized spacial score (nSPS) is 16.7. The largest absolute Gasteiger partial charge is 0.309 e. The lowest BCUT2D eigenvalue weighted by Gasteiger charge is -2.35. The third-order valence-electron chi connectivity index (χ3n) is 14.6. The molecule has 384 valence electrons. The van der Waals surface area contributed by atoms with Gasteiger partial charge in [-0.3, -0.25) is 4.57 Å². The molecule has 0 spiro atoms. The van der Waals surface area contributed by atoms with Crippen LogP contribution in [0.4, 0.5) is 0 Å². The number of benzene rings is 12. The van der Waals surface area contributed by atoms with Gasteiger partial charge in [0.15, 0.2) is 19.7 Å². The molecule has 0 aliphatic heterocycles. The molecule has 6 nitrogen and oxygen atoms in total. The minimum atomic E-state index is -5.12. The maximum Gasteiger partial charge on any atom is 0.238 e. The molecule has 0 bridgehead atoms. The van der Waals surface area contributed by atoms with Crippen LogP contribution in [0.2, 0.25) is 0 Å². The van der Waals surface area contributed by atoms with Crippen molar-refractivity contribution < 1.29 is 38.4 Å². The van der Waals surface area contributed by atoms with E-state index in [1.54, 1.807) is 72.8 Å². The van der Waals surface area contributed by atoms with Gasteiger partial charge in [-0.15, -0.1) is 0 Å². The van der Waals surface area contributed by atoms with Crippen LogP contribution in [0.5, 0.6) is 0 Å². The Balaban J connectivity index is 1.09. The molecule has 0 unspecified atom stereocenters. The van der Waals surface area contributed by atoms with Crippen molar-refractivity contribution in [3.8, 4) is 51.2 Å². The van der Waals surface area contributed by atoms with Gasteiger partial charge in [0.1, 0.15) is 0 Å². The van der Waals surface area contributed by atoms with Gasteiger partial charge in [-0.25, -0.2) is 4.98 Å². The number of rotatable bonds is 10. The van der Waals surface area contributed by atoms with E-state index in [4.69, 9.17) is 25.9 Å². The number of fused-ring (bicyclic) bond motifs is 9. The highest BCUT2D eigenvalue weighted by Gasteiger charge is 2.42. The second kappa shape index (κ2) is 19.3. The molecule has 0 saturated heterocycles. The summed E-state index contributed by atoms with van der Waals surface area (Å²) >= 11 is 0. The molecule has 0 amide bonds. The molecule has 0 aliphatic carbocycles. The fraction of sp³-hybridized carbons (Fsp3) is 0. The molecule has 12 aromatic carbocycles. The van der Waals surface area contributed by atoms with Gasteiger partial charge in [0.2, 0.25) is 5.95 Å². The van der Waals surface area contributed by atoms with Gasteiger partial charge in [-0.2, -0.15) is 9.97 Å². The number of hydrogen-bond donors (Lipinski definition) is 0. The first-order valence-electron chi connectivity index (χ1n) is 39.7. The highest BCUT2D eigenvalue weighted by molar-refractivity contribution is 7.20.